The highest BCUT2D eigenvalue weighted by Gasteiger charge is 2.15. The molecule has 1 aromatic carbocycles. The lowest BCUT2D eigenvalue weighted by molar-refractivity contribution is -0.134. The van der Waals surface area contributed by atoms with Crippen molar-refractivity contribution < 1.29 is 19.4 Å². The van der Waals surface area contributed by atoms with E-state index in [2.05, 4.69) is 4.99 Å². The van der Waals surface area contributed by atoms with Gasteiger partial charge in [0.15, 0.2) is 0 Å². The molecule has 0 amide bonds. The van der Waals surface area contributed by atoms with Gasteiger partial charge in [0.05, 0.1) is 37.0 Å². The highest BCUT2D eigenvalue weighted by molar-refractivity contribution is 6.22. The SMILES string of the molecule is CC(=O)O.COC1=CC(=N)C(C)=CC1=Nc1cc(OC)c(N)cc1N. The summed E-state index contributed by atoms with van der Waals surface area (Å²) in [5, 5.41) is 15.2. The molecule has 6 N–H and O–H groups in total. The zero-order valence-corrected chi connectivity index (χ0v) is 14.6. The van der Waals surface area contributed by atoms with E-state index in [1.54, 1.807) is 24.3 Å². The van der Waals surface area contributed by atoms with Gasteiger partial charge in [0, 0.05) is 19.1 Å². The Balaban J connectivity index is 0.000000705. The Morgan fingerprint density at radius 2 is 1.76 bits per heavy atom. The molecule has 1 aromatic rings. The quantitative estimate of drug-likeness (QED) is 0.489. The highest BCUT2D eigenvalue weighted by atomic mass is 16.5. The molecule has 134 valence electrons. The fraction of sp³-hybridized carbons (Fsp3) is 0.235. The summed E-state index contributed by atoms with van der Waals surface area (Å²) in [5.74, 6) is 0.191. The molecule has 0 spiro atoms. The van der Waals surface area contributed by atoms with Crippen LogP contribution in [0.25, 0.3) is 0 Å². The minimum atomic E-state index is -0.833. The van der Waals surface area contributed by atoms with Crippen LogP contribution in [0.2, 0.25) is 0 Å². The number of nitrogens with one attached hydrogen (secondary N) is 1. The summed E-state index contributed by atoms with van der Waals surface area (Å²) in [6.07, 6.45) is 3.41. The lowest BCUT2D eigenvalue weighted by Crippen LogP contribution is -2.12. The van der Waals surface area contributed by atoms with Crippen molar-refractivity contribution in [1.82, 2.24) is 0 Å². The number of ether oxygens (including phenoxy) is 2. The van der Waals surface area contributed by atoms with Crippen LogP contribution in [-0.4, -0.2) is 36.7 Å². The number of aliphatic carboxylic acids is 1. The van der Waals surface area contributed by atoms with Crippen LogP contribution < -0.4 is 16.2 Å². The second-order valence-corrected chi connectivity index (χ2v) is 5.12. The van der Waals surface area contributed by atoms with E-state index in [9.17, 15) is 0 Å². The number of nitrogens with zero attached hydrogens (tertiary/aromatic N) is 1. The Hall–Kier alpha value is -3.29. The fourth-order valence-corrected chi connectivity index (χ4v) is 1.93. The van der Waals surface area contributed by atoms with Gasteiger partial charge in [0.1, 0.15) is 17.2 Å². The minimum Gasteiger partial charge on any atom is -0.495 e. The molecule has 0 saturated carbocycles. The lowest BCUT2D eigenvalue weighted by Gasteiger charge is -2.14. The molecule has 0 saturated heterocycles. The Kier molecular flexibility index (Phi) is 6.74. The first-order chi connectivity index (χ1) is 11.7. The van der Waals surface area contributed by atoms with E-state index in [-0.39, 0.29) is 0 Å². The molecular weight excluding hydrogens is 324 g/mol. The zero-order chi connectivity index (χ0) is 19.1. The third kappa shape index (κ3) is 5.38. The molecule has 0 unspecified atom stereocenters. The molecule has 2 rings (SSSR count). The van der Waals surface area contributed by atoms with Crippen LogP contribution in [0.15, 0.2) is 40.6 Å². The maximum Gasteiger partial charge on any atom is 0.300 e. The fourth-order valence-electron chi connectivity index (χ4n) is 1.93. The van der Waals surface area contributed by atoms with Crippen molar-refractivity contribution >= 4 is 34.5 Å². The van der Waals surface area contributed by atoms with E-state index < -0.39 is 5.97 Å². The number of nitrogens with two attached hydrogens (primary N) is 2. The molecular formula is C17H22N4O4. The maximum absolute atomic E-state index is 9.00. The number of anilines is 2. The number of hydrogen-bond donors (Lipinski definition) is 4. The molecule has 1 aliphatic carbocycles. The van der Waals surface area contributed by atoms with E-state index in [4.69, 9.17) is 36.3 Å². The zero-order valence-electron chi connectivity index (χ0n) is 14.6. The molecule has 1 aliphatic rings. The van der Waals surface area contributed by atoms with Crippen molar-refractivity contribution in [2.45, 2.75) is 13.8 Å². The van der Waals surface area contributed by atoms with Gasteiger partial charge < -0.3 is 31.5 Å². The highest BCUT2D eigenvalue weighted by Crippen LogP contribution is 2.33. The Labute approximate surface area is 146 Å². The molecule has 0 atom stereocenters. The number of carboxylic acid groups (broad SMARTS) is 1. The second kappa shape index (κ2) is 8.53. The average Bonchev–Trinajstić information content (AvgIpc) is 2.52. The molecule has 0 heterocycles. The summed E-state index contributed by atoms with van der Waals surface area (Å²) >= 11 is 0. The third-order valence-corrected chi connectivity index (χ3v) is 3.15. The van der Waals surface area contributed by atoms with Gasteiger partial charge in [-0.2, -0.15) is 0 Å². The molecule has 0 aromatic heterocycles. The lowest BCUT2D eigenvalue weighted by atomic mass is 10.0. The molecule has 0 aliphatic heterocycles. The van der Waals surface area contributed by atoms with Crippen LogP contribution in [0.5, 0.6) is 5.75 Å². The van der Waals surface area contributed by atoms with Crippen molar-refractivity contribution in [3.63, 3.8) is 0 Å². The van der Waals surface area contributed by atoms with Crippen LogP contribution in [-0.2, 0) is 9.53 Å². The Morgan fingerprint density at radius 1 is 1.16 bits per heavy atom. The average molecular weight is 346 g/mol. The van der Waals surface area contributed by atoms with E-state index in [0.717, 1.165) is 12.5 Å². The molecule has 0 bridgehead atoms. The predicted molar refractivity (Wildman–Crippen MR) is 98.8 cm³/mol. The van der Waals surface area contributed by atoms with Crippen LogP contribution in [0.3, 0.4) is 0 Å². The summed E-state index contributed by atoms with van der Waals surface area (Å²) in [7, 11) is 3.07. The Morgan fingerprint density at radius 3 is 2.28 bits per heavy atom. The maximum atomic E-state index is 9.00. The van der Waals surface area contributed by atoms with E-state index in [1.807, 2.05) is 6.92 Å². The molecule has 8 heteroatoms. The molecule has 25 heavy (non-hydrogen) atoms. The number of hydrogen-bond acceptors (Lipinski definition) is 7. The number of allylic oxidation sites excluding steroid dienone is 3. The minimum absolute atomic E-state index is 0.397. The van der Waals surface area contributed by atoms with Crippen molar-refractivity contribution in [3.8, 4) is 5.75 Å². The number of aliphatic imine (C=N–C) groups is 1. The summed E-state index contributed by atoms with van der Waals surface area (Å²) in [5.41, 5.74) is 15.0. The summed E-state index contributed by atoms with van der Waals surface area (Å²) < 4.78 is 10.4. The van der Waals surface area contributed by atoms with Crippen molar-refractivity contribution in [2.75, 3.05) is 25.7 Å². The predicted octanol–water partition coefficient (Wildman–Crippen LogP) is 2.53. The van der Waals surface area contributed by atoms with Crippen LogP contribution in [0.1, 0.15) is 13.8 Å². The van der Waals surface area contributed by atoms with Crippen LogP contribution in [0, 0.1) is 5.41 Å². The normalized spacial score (nSPS) is 14.9. The standard InChI is InChI=1S/C15H18N4O2.C2H4O2/c1-8-4-13(15(21-3)6-9(8)16)19-12-7-14(20-2)11(18)5-10(12)17;1-2(3)4/h4-7,16H,17-18H2,1-3H3;1H3,(H,3,4). The van der Waals surface area contributed by atoms with Gasteiger partial charge in [-0.05, 0) is 24.6 Å². The summed E-state index contributed by atoms with van der Waals surface area (Å²) in [6, 6.07) is 3.28. The van der Waals surface area contributed by atoms with Gasteiger partial charge in [0.25, 0.3) is 5.97 Å². The van der Waals surface area contributed by atoms with Gasteiger partial charge in [-0.15, -0.1) is 0 Å². The first kappa shape index (κ1) is 19.8. The van der Waals surface area contributed by atoms with Crippen molar-refractivity contribution in [3.05, 3.63) is 35.6 Å². The topological polar surface area (TPSA) is 144 Å². The van der Waals surface area contributed by atoms with Crippen LogP contribution >= 0.6 is 0 Å². The second-order valence-electron chi connectivity index (χ2n) is 5.12. The summed E-state index contributed by atoms with van der Waals surface area (Å²) in [6.45, 7) is 2.92. The monoisotopic (exact) mass is 346 g/mol. The van der Waals surface area contributed by atoms with E-state index >= 15 is 0 Å². The van der Waals surface area contributed by atoms with Crippen molar-refractivity contribution in [2.24, 2.45) is 4.99 Å². The van der Waals surface area contributed by atoms with Gasteiger partial charge in [-0.1, -0.05) is 0 Å². The number of rotatable bonds is 3. The Bertz CT molecular complexity index is 775. The van der Waals surface area contributed by atoms with Gasteiger partial charge in [-0.3, -0.25) is 4.79 Å². The molecule has 0 radical (unpaired) electrons. The number of carboxylic acids is 1. The first-order valence-electron chi connectivity index (χ1n) is 7.24. The number of methoxy groups -OCH3 is 2. The van der Waals surface area contributed by atoms with E-state index in [0.29, 0.717) is 40.0 Å². The largest absolute Gasteiger partial charge is 0.495 e. The van der Waals surface area contributed by atoms with E-state index in [1.165, 1.54) is 14.2 Å². The number of nitrogen functional groups attached to an aromatic ring is 2. The van der Waals surface area contributed by atoms with Gasteiger partial charge in [-0.25, -0.2) is 4.99 Å². The summed E-state index contributed by atoms with van der Waals surface area (Å²) in [4.78, 5) is 13.5. The van der Waals surface area contributed by atoms with Crippen molar-refractivity contribution in [1.29, 1.82) is 5.41 Å². The smallest absolute Gasteiger partial charge is 0.300 e. The third-order valence-electron chi connectivity index (χ3n) is 3.15. The number of benzene rings is 1. The van der Waals surface area contributed by atoms with Gasteiger partial charge >= 0.3 is 0 Å². The number of carbonyl (C=O) groups is 1. The van der Waals surface area contributed by atoms with Crippen LogP contribution in [0.4, 0.5) is 17.1 Å². The first-order valence-corrected chi connectivity index (χ1v) is 7.24. The molecule has 8 nitrogen and oxygen atoms in total. The molecule has 0 fully saturated rings. The van der Waals surface area contributed by atoms with Gasteiger partial charge in [0.2, 0.25) is 0 Å².